The van der Waals surface area contributed by atoms with Crippen LogP contribution in [-0.4, -0.2) is 61.8 Å². The Morgan fingerprint density at radius 1 is 0.780 bits per heavy atom. The Kier molecular flexibility index (Phi) is 8.66. The Morgan fingerprint density at radius 2 is 1.37 bits per heavy atom. The first kappa shape index (κ1) is 28.3. The van der Waals surface area contributed by atoms with Crippen molar-refractivity contribution in [3.8, 4) is 0 Å². The minimum Gasteiger partial charge on any atom is -0.444 e. The summed E-state index contributed by atoms with van der Waals surface area (Å²) in [7, 11) is -3.52. The van der Waals surface area contributed by atoms with Crippen molar-refractivity contribution in [2.24, 2.45) is 0 Å². The lowest BCUT2D eigenvalue weighted by molar-refractivity contribution is -0.133. The van der Waals surface area contributed by atoms with Crippen LogP contribution in [0.25, 0.3) is 10.8 Å². The van der Waals surface area contributed by atoms with Gasteiger partial charge in [-0.2, -0.15) is 4.31 Å². The summed E-state index contributed by atoms with van der Waals surface area (Å²) in [6.07, 6.45) is -0.631. The molecule has 0 N–H and O–H groups in total. The van der Waals surface area contributed by atoms with Gasteiger partial charge in [0.25, 0.3) is 0 Å². The van der Waals surface area contributed by atoms with Crippen molar-refractivity contribution in [2.75, 3.05) is 31.1 Å². The second-order valence-electron chi connectivity index (χ2n) is 10.1. The molecular formula is C32H33N3O5S. The van der Waals surface area contributed by atoms with Gasteiger partial charge >= 0.3 is 6.09 Å². The Balaban J connectivity index is 1.31. The number of anilines is 1. The van der Waals surface area contributed by atoms with Crippen LogP contribution in [0.5, 0.6) is 0 Å². The highest BCUT2D eigenvalue weighted by Crippen LogP contribution is 2.26. The number of carbonyl (C=O) groups is 2. The molecule has 5 rings (SSSR count). The third-order valence-corrected chi connectivity index (χ3v) is 9.14. The predicted molar refractivity (Wildman–Crippen MR) is 160 cm³/mol. The molecule has 8 nitrogen and oxygen atoms in total. The van der Waals surface area contributed by atoms with Crippen LogP contribution in [0.15, 0.2) is 103 Å². The molecule has 9 heteroatoms. The summed E-state index contributed by atoms with van der Waals surface area (Å²) >= 11 is 0. The zero-order valence-corrected chi connectivity index (χ0v) is 23.7. The molecule has 212 valence electrons. The topological polar surface area (TPSA) is 87.2 Å². The Hall–Kier alpha value is -4.21. The summed E-state index contributed by atoms with van der Waals surface area (Å²) in [5, 5.41) is 1.95. The second kappa shape index (κ2) is 12.5. The van der Waals surface area contributed by atoms with E-state index in [2.05, 4.69) is 0 Å². The lowest BCUT2D eigenvalue weighted by Gasteiger charge is -2.37. The quantitative estimate of drug-likeness (QED) is 0.296. The largest absolute Gasteiger partial charge is 0.444 e. The minimum atomic E-state index is -3.52. The van der Waals surface area contributed by atoms with E-state index in [9.17, 15) is 18.0 Å². The highest BCUT2D eigenvalue weighted by atomic mass is 32.2. The summed E-state index contributed by atoms with van der Waals surface area (Å²) in [6, 6.07) is 30.9. The van der Waals surface area contributed by atoms with E-state index in [-0.39, 0.29) is 44.4 Å². The predicted octanol–water partition coefficient (Wildman–Crippen LogP) is 5.05. The van der Waals surface area contributed by atoms with Crippen LogP contribution in [0.2, 0.25) is 0 Å². The first-order valence-corrected chi connectivity index (χ1v) is 15.2. The van der Waals surface area contributed by atoms with Gasteiger partial charge in [-0.25, -0.2) is 13.2 Å². The molecule has 1 fully saturated rings. The van der Waals surface area contributed by atoms with Crippen molar-refractivity contribution in [2.45, 2.75) is 25.3 Å². The van der Waals surface area contributed by atoms with Crippen molar-refractivity contribution < 1.29 is 22.7 Å². The molecule has 0 saturated carbocycles. The fourth-order valence-corrected chi connectivity index (χ4v) is 6.56. The van der Waals surface area contributed by atoms with E-state index in [1.807, 2.05) is 91.0 Å². The van der Waals surface area contributed by atoms with Gasteiger partial charge in [-0.1, -0.05) is 91.0 Å². The van der Waals surface area contributed by atoms with Gasteiger partial charge in [0, 0.05) is 31.9 Å². The van der Waals surface area contributed by atoms with Crippen LogP contribution >= 0.6 is 0 Å². The Labute approximate surface area is 240 Å². The molecule has 1 aliphatic heterocycles. The van der Waals surface area contributed by atoms with Crippen LogP contribution in [0.4, 0.5) is 10.5 Å². The van der Waals surface area contributed by atoms with E-state index < -0.39 is 22.2 Å². The molecule has 0 aromatic heterocycles. The number of carbonyl (C=O) groups excluding carboxylic acids is 2. The standard InChI is InChI=1S/C32H33N3O5S/c1-25(31(36)33-18-20-34(21-19-33)41(38,39)24-27-12-6-3-7-13-27)35(32(37)40-23-26-10-4-2-5-11-26)30-17-16-28-14-8-9-15-29(28)22-30/h2-17,22,25H,18-21,23-24H2,1H3. The Bertz CT molecular complexity index is 1600. The second-order valence-corrected chi connectivity index (χ2v) is 12.1. The number of sulfonamides is 1. The molecule has 41 heavy (non-hydrogen) atoms. The number of hydrogen-bond acceptors (Lipinski definition) is 5. The smallest absolute Gasteiger partial charge is 0.415 e. The number of ether oxygens (including phenoxy) is 1. The maximum Gasteiger partial charge on any atom is 0.415 e. The maximum atomic E-state index is 13.7. The summed E-state index contributed by atoms with van der Waals surface area (Å²) in [4.78, 5) is 30.2. The van der Waals surface area contributed by atoms with Gasteiger partial charge in [0.15, 0.2) is 0 Å². The first-order chi connectivity index (χ1) is 19.8. The molecule has 1 atom stereocenters. The first-order valence-electron chi connectivity index (χ1n) is 13.6. The molecule has 1 saturated heterocycles. The van der Waals surface area contributed by atoms with Gasteiger partial charge in [0.1, 0.15) is 12.6 Å². The van der Waals surface area contributed by atoms with Crippen LogP contribution in [0, 0.1) is 0 Å². The van der Waals surface area contributed by atoms with Gasteiger partial charge in [-0.15, -0.1) is 0 Å². The summed E-state index contributed by atoms with van der Waals surface area (Å²) in [5.74, 6) is -0.351. The summed E-state index contributed by atoms with van der Waals surface area (Å²) < 4.78 is 33.1. The SMILES string of the molecule is CC(C(=O)N1CCN(S(=O)(=O)Cc2ccccc2)CC1)N(C(=O)OCc1ccccc1)c1ccc2ccccc2c1. The Morgan fingerprint density at radius 3 is 2.02 bits per heavy atom. The van der Waals surface area contributed by atoms with E-state index in [4.69, 9.17) is 4.74 Å². The molecule has 0 radical (unpaired) electrons. The zero-order valence-electron chi connectivity index (χ0n) is 22.9. The number of hydrogen-bond donors (Lipinski definition) is 0. The van der Waals surface area contributed by atoms with Gasteiger partial charge < -0.3 is 9.64 Å². The highest BCUT2D eigenvalue weighted by Gasteiger charge is 2.35. The van der Waals surface area contributed by atoms with E-state index in [0.29, 0.717) is 5.69 Å². The van der Waals surface area contributed by atoms with Crippen molar-refractivity contribution >= 4 is 38.5 Å². The molecule has 1 aliphatic rings. The average Bonchev–Trinajstić information content (AvgIpc) is 3.00. The van der Waals surface area contributed by atoms with E-state index >= 15 is 0 Å². The molecule has 0 spiro atoms. The van der Waals surface area contributed by atoms with E-state index in [1.54, 1.807) is 24.0 Å². The number of benzene rings is 4. The molecule has 4 aromatic rings. The lowest BCUT2D eigenvalue weighted by Crippen LogP contribution is -2.56. The van der Waals surface area contributed by atoms with E-state index in [0.717, 1.165) is 21.9 Å². The highest BCUT2D eigenvalue weighted by molar-refractivity contribution is 7.88. The third-order valence-electron chi connectivity index (χ3n) is 7.29. The molecule has 2 amide bonds. The van der Waals surface area contributed by atoms with Crippen molar-refractivity contribution in [3.63, 3.8) is 0 Å². The number of piperazine rings is 1. The lowest BCUT2D eigenvalue weighted by atomic mass is 10.1. The number of rotatable bonds is 8. The summed E-state index contributed by atoms with van der Waals surface area (Å²) in [5.41, 5.74) is 2.11. The monoisotopic (exact) mass is 571 g/mol. The van der Waals surface area contributed by atoms with Crippen LogP contribution in [-0.2, 0) is 31.9 Å². The normalized spacial score (nSPS) is 14.9. The van der Waals surface area contributed by atoms with Crippen molar-refractivity contribution in [3.05, 3.63) is 114 Å². The molecule has 0 aliphatic carbocycles. The maximum absolute atomic E-state index is 13.7. The summed E-state index contributed by atoms with van der Waals surface area (Å²) in [6.45, 7) is 2.62. The molecule has 1 unspecified atom stereocenters. The van der Waals surface area contributed by atoms with Crippen LogP contribution < -0.4 is 4.90 Å². The van der Waals surface area contributed by atoms with Crippen LogP contribution in [0.1, 0.15) is 18.1 Å². The van der Waals surface area contributed by atoms with Gasteiger partial charge in [-0.05, 0) is 41.0 Å². The number of nitrogens with zero attached hydrogens (tertiary/aromatic N) is 3. The van der Waals surface area contributed by atoms with E-state index in [1.165, 1.54) is 9.21 Å². The van der Waals surface area contributed by atoms with Crippen molar-refractivity contribution in [1.29, 1.82) is 0 Å². The minimum absolute atomic E-state index is 0.0720. The van der Waals surface area contributed by atoms with Crippen molar-refractivity contribution in [1.82, 2.24) is 9.21 Å². The fraction of sp³-hybridized carbons (Fsp3) is 0.250. The van der Waals surface area contributed by atoms with Gasteiger partial charge in [0.2, 0.25) is 15.9 Å². The molecule has 0 bridgehead atoms. The fourth-order valence-electron chi connectivity index (χ4n) is 5.04. The van der Waals surface area contributed by atoms with Gasteiger partial charge in [0.05, 0.1) is 5.75 Å². The zero-order chi connectivity index (χ0) is 28.8. The van der Waals surface area contributed by atoms with Gasteiger partial charge in [-0.3, -0.25) is 9.69 Å². The molecular weight excluding hydrogens is 538 g/mol. The number of amides is 2. The molecule has 4 aromatic carbocycles. The van der Waals surface area contributed by atoms with Crippen LogP contribution in [0.3, 0.4) is 0 Å². The number of fused-ring (bicyclic) bond motifs is 1. The molecule has 1 heterocycles. The third kappa shape index (κ3) is 6.75. The average molecular weight is 572 g/mol.